The summed E-state index contributed by atoms with van der Waals surface area (Å²) >= 11 is 0. The van der Waals surface area contributed by atoms with Crippen LogP contribution in [0.5, 0.6) is 0 Å². The third-order valence-electron chi connectivity index (χ3n) is 1.08. The molecule has 9 heteroatoms. The first-order chi connectivity index (χ1) is 7.25. The van der Waals surface area contributed by atoms with Crippen LogP contribution in [0.2, 0.25) is 0 Å². The van der Waals surface area contributed by atoms with Gasteiger partial charge >= 0.3 is 14.4 Å². The Kier molecular flexibility index (Phi) is 14.4. The van der Waals surface area contributed by atoms with Crippen molar-refractivity contribution in [2.24, 2.45) is 0 Å². The smallest absolute Gasteiger partial charge is 0.550 e. The van der Waals surface area contributed by atoms with E-state index in [1.165, 1.54) is 0 Å². The van der Waals surface area contributed by atoms with Crippen molar-refractivity contribution in [1.29, 1.82) is 0 Å². The third kappa shape index (κ3) is 31.5. The first-order valence-corrected chi connectivity index (χ1v) is 4.07. The van der Waals surface area contributed by atoms with Crippen LogP contribution in [0.3, 0.4) is 0 Å². The number of rotatable bonds is 6. The van der Waals surface area contributed by atoms with Gasteiger partial charge in [0.15, 0.2) is 0 Å². The van der Waals surface area contributed by atoms with E-state index in [0.29, 0.717) is 0 Å². The first kappa shape index (κ1) is 20.4. The molecule has 0 atom stereocenters. The summed E-state index contributed by atoms with van der Waals surface area (Å²) < 4.78 is 0. The topological polar surface area (TPSA) is 158 Å². The van der Waals surface area contributed by atoms with Crippen LogP contribution in [0.1, 0.15) is 25.7 Å². The molecule has 0 amide bonds. The molecule has 0 radical (unpaired) electrons. The molecule has 0 saturated carbocycles. The van der Waals surface area contributed by atoms with Gasteiger partial charge in [0.2, 0.25) is 0 Å². The number of carboxylic acids is 4. The molecule has 0 rings (SSSR count). The SMILES string of the molecule is O=C([O-])CCC(=O)O.O=C([O-])CCC(=O)[O-].[B+3]. The van der Waals surface area contributed by atoms with Gasteiger partial charge in [0.1, 0.15) is 0 Å². The van der Waals surface area contributed by atoms with E-state index in [2.05, 4.69) is 0 Å². The van der Waals surface area contributed by atoms with Gasteiger partial charge in [-0.1, -0.05) is 0 Å². The van der Waals surface area contributed by atoms with Gasteiger partial charge in [-0.05, 0) is 19.3 Å². The molecule has 0 aromatic rings. The third-order valence-corrected chi connectivity index (χ3v) is 1.08. The monoisotopic (exact) mass is 244 g/mol. The van der Waals surface area contributed by atoms with Crippen molar-refractivity contribution < 1.29 is 39.6 Å². The predicted molar refractivity (Wildman–Crippen MR) is 46.9 cm³/mol. The summed E-state index contributed by atoms with van der Waals surface area (Å²) in [6.07, 6.45) is -1.71. The van der Waals surface area contributed by atoms with Crippen molar-refractivity contribution in [3.8, 4) is 0 Å². The summed E-state index contributed by atoms with van der Waals surface area (Å²) in [5.74, 6) is -5.18. The van der Waals surface area contributed by atoms with E-state index in [9.17, 15) is 34.5 Å². The second kappa shape index (κ2) is 12.0. The van der Waals surface area contributed by atoms with Crippen molar-refractivity contribution in [1.82, 2.24) is 0 Å². The van der Waals surface area contributed by atoms with Crippen molar-refractivity contribution in [3.63, 3.8) is 0 Å². The summed E-state index contributed by atoms with van der Waals surface area (Å²) in [6, 6.07) is 0. The van der Waals surface area contributed by atoms with Crippen molar-refractivity contribution in [2.75, 3.05) is 0 Å². The molecule has 0 heterocycles. The maximum atomic E-state index is 9.61. The molecular weight excluding hydrogens is 235 g/mol. The molecule has 17 heavy (non-hydrogen) atoms. The van der Waals surface area contributed by atoms with Crippen LogP contribution in [-0.2, 0) is 19.2 Å². The van der Waals surface area contributed by atoms with E-state index in [4.69, 9.17) is 5.11 Å². The molecule has 0 unspecified atom stereocenters. The minimum absolute atomic E-state index is 0. The number of carboxylic acid groups (broad SMARTS) is 4. The Bertz CT molecular complexity index is 219. The minimum Gasteiger partial charge on any atom is -0.550 e. The molecule has 0 aliphatic heterocycles. The van der Waals surface area contributed by atoms with Crippen LogP contribution in [0, 0.1) is 0 Å². The van der Waals surface area contributed by atoms with Crippen LogP contribution in [-0.4, -0.2) is 37.4 Å². The van der Waals surface area contributed by atoms with Gasteiger partial charge < -0.3 is 34.8 Å². The molecule has 0 saturated heterocycles. The van der Waals surface area contributed by atoms with Gasteiger partial charge in [-0.3, -0.25) is 4.79 Å². The number of carbonyl (C=O) groups excluding carboxylic acids is 3. The molecule has 0 aliphatic rings. The largest absolute Gasteiger partial charge is 3.00 e. The van der Waals surface area contributed by atoms with Gasteiger partial charge in [-0.2, -0.15) is 0 Å². The second-order valence-corrected chi connectivity index (χ2v) is 2.51. The molecule has 8 nitrogen and oxygen atoms in total. The molecule has 0 spiro atoms. The van der Waals surface area contributed by atoms with Gasteiger partial charge in [0.25, 0.3) is 0 Å². The van der Waals surface area contributed by atoms with Crippen LogP contribution < -0.4 is 15.3 Å². The maximum Gasteiger partial charge on any atom is 3.00 e. The standard InChI is InChI=1S/2C4H6O4.B/c2*5-3(6)1-2-4(7)8;/h2*1-2H2,(H,5,6)(H,7,8);/q;;+3/p-3. The Labute approximate surface area is 98.4 Å². The number of hydrogen-bond acceptors (Lipinski definition) is 7. The maximum absolute atomic E-state index is 9.61. The average Bonchev–Trinajstić information content (AvgIpc) is 2.12. The number of hydrogen-bond donors (Lipinski definition) is 1. The molecule has 0 bridgehead atoms. The fourth-order valence-corrected chi connectivity index (χ4v) is 0.413. The molecule has 0 fully saturated rings. The first-order valence-electron chi connectivity index (χ1n) is 4.07. The molecule has 0 aliphatic carbocycles. The van der Waals surface area contributed by atoms with E-state index < -0.39 is 43.1 Å². The van der Waals surface area contributed by atoms with E-state index in [1.54, 1.807) is 0 Å². The van der Waals surface area contributed by atoms with Gasteiger partial charge in [0, 0.05) is 17.9 Å². The summed E-state index contributed by atoms with van der Waals surface area (Å²) in [6.45, 7) is 0. The van der Waals surface area contributed by atoms with Crippen molar-refractivity contribution >= 4 is 32.3 Å². The van der Waals surface area contributed by atoms with E-state index in [-0.39, 0.29) is 14.8 Å². The minimum atomic E-state index is -1.37. The normalized spacial score (nSPS) is 8.00. The van der Waals surface area contributed by atoms with E-state index in [0.717, 1.165) is 0 Å². The molecule has 92 valence electrons. The summed E-state index contributed by atoms with van der Waals surface area (Å²) in [5.41, 5.74) is 0. The zero-order chi connectivity index (χ0) is 13.1. The van der Waals surface area contributed by atoms with Crippen molar-refractivity contribution in [2.45, 2.75) is 25.7 Å². The fourth-order valence-electron chi connectivity index (χ4n) is 0.413. The van der Waals surface area contributed by atoms with Crippen LogP contribution in [0.25, 0.3) is 0 Å². The summed E-state index contributed by atoms with van der Waals surface area (Å²) in [5, 5.41) is 36.4. The van der Waals surface area contributed by atoms with Crippen LogP contribution in [0.15, 0.2) is 0 Å². The zero-order valence-corrected chi connectivity index (χ0v) is 8.71. The van der Waals surface area contributed by atoms with Crippen molar-refractivity contribution in [3.05, 3.63) is 0 Å². The van der Waals surface area contributed by atoms with E-state index in [1.807, 2.05) is 0 Å². The molecular formula is C8H9BO8. The van der Waals surface area contributed by atoms with Gasteiger partial charge in [-0.25, -0.2) is 0 Å². The Morgan fingerprint density at radius 3 is 1.06 bits per heavy atom. The predicted octanol–water partition coefficient (Wildman–Crippen LogP) is -4.51. The van der Waals surface area contributed by atoms with Gasteiger partial charge in [-0.15, -0.1) is 0 Å². The van der Waals surface area contributed by atoms with Gasteiger partial charge in [0.05, 0.1) is 6.42 Å². The fraction of sp³-hybridized carbons (Fsp3) is 0.500. The quantitative estimate of drug-likeness (QED) is 0.457. The molecule has 0 aromatic carbocycles. The Morgan fingerprint density at radius 2 is 0.941 bits per heavy atom. The Hall–Kier alpha value is -2.06. The Balaban J connectivity index is -0.000000218. The molecule has 1 N–H and O–H groups in total. The Morgan fingerprint density at radius 1 is 0.706 bits per heavy atom. The summed E-state index contributed by atoms with van der Waals surface area (Å²) in [4.78, 5) is 38.1. The number of aliphatic carboxylic acids is 4. The van der Waals surface area contributed by atoms with E-state index >= 15 is 0 Å². The second-order valence-electron chi connectivity index (χ2n) is 2.51. The molecule has 0 aromatic heterocycles. The summed E-state index contributed by atoms with van der Waals surface area (Å²) in [7, 11) is 0. The number of carbonyl (C=O) groups is 4. The van der Waals surface area contributed by atoms with Crippen LogP contribution in [0.4, 0.5) is 0 Å². The average molecular weight is 244 g/mol. The van der Waals surface area contributed by atoms with Crippen LogP contribution >= 0.6 is 0 Å². The zero-order valence-electron chi connectivity index (χ0n) is 8.71.